The number of Topliss-reactive ketones (excluding diaryl/α,β-unsaturated/α-hetero) is 1. The first-order valence-electron chi connectivity index (χ1n) is 8.89. The molecule has 3 rings (SSSR count). The average Bonchev–Trinajstić information content (AvgIpc) is 2.77. The van der Waals surface area contributed by atoms with E-state index in [1.54, 1.807) is 42.5 Å². The van der Waals surface area contributed by atoms with Crippen molar-refractivity contribution in [1.82, 2.24) is 0 Å². The Balaban J connectivity index is 2.06. The minimum atomic E-state index is -1.07. The molecule has 2 atom stereocenters. The van der Waals surface area contributed by atoms with Gasteiger partial charge in [0.2, 0.25) is 0 Å². The molecule has 0 aromatic heterocycles. The van der Waals surface area contributed by atoms with E-state index in [9.17, 15) is 20.0 Å². The van der Waals surface area contributed by atoms with E-state index < -0.39 is 17.3 Å². The van der Waals surface area contributed by atoms with Gasteiger partial charge >= 0.3 is 5.97 Å². The van der Waals surface area contributed by atoms with Gasteiger partial charge in [0.15, 0.2) is 5.78 Å². The normalized spacial score (nSPS) is 12.4. The third kappa shape index (κ3) is 4.84. The predicted molar refractivity (Wildman–Crippen MR) is 114 cm³/mol. The highest BCUT2D eigenvalue weighted by atomic mass is 32.2. The first kappa shape index (κ1) is 20.2. The Bertz CT molecular complexity index is 1030. The molecule has 0 aliphatic heterocycles. The smallest absolute Gasteiger partial charge is 0.337 e. The number of ketones is 1. The molecule has 29 heavy (non-hydrogen) atoms. The molecule has 3 aromatic carbocycles. The van der Waals surface area contributed by atoms with Gasteiger partial charge in [0.05, 0.1) is 11.6 Å². The summed E-state index contributed by atoms with van der Waals surface area (Å²) >= 11 is 0.862. The van der Waals surface area contributed by atoms with Crippen LogP contribution in [-0.4, -0.2) is 22.1 Å². The van der Waals surface area contributed by atoms with Crippen molar-refractivity contribution in [1.29, 1.82) is 5.26 Å². The molecule has 0 radical (unpaired) electrons. The van der Waals surface area contributed by atoms with Gasteiger partial charge in [-0.2, -0.15) is 5.26 Å². The number of hydrogen-bond donors (Lipinski definition) is 2. The maximum Gasteiger partial charge on any atom is 0.337 e. The molecular weight excluding hydrogens is 384 g/mol. The van der Waals surface area contributed by atoms with Gasteiger partial charge in [0.25, 0.3) is 0 Å². The molecule has 0 aliphatic carbocycles. The first-order valence-corrected chi connectivity index (χ1v) is 9.77. The van der Waals surface area contributed by atoms with Crippen LogP contribution in [0.4, 0.5) is 5.69 Å². The Hall–Kier alpha value is -3.56. The molecule has 2 unspecified atom stereocenters. The first-order chi connectivity index (χ1) is 14.1. The second-order valence-corrected chi connectivity index (χ2v) is 7.17. The zero-order chi connectivity index (χ0) is 20.6. The summed E-state index contributed by atoms with van der Waals surface area (Å²) in [7, 11) is 0. The molecular formula is C23H18N2O3S. The summed E-state index contributed by atoms with van der Waals surface area (Å²) in [4.78, 5) is 24.9. The van der Waals surface area contributed by atoms with Crippen molar-refractivity contribution in [2.45, 2.75) is 11.3 Å². The number of thiocyanates is 1. The van der Waals surface area contributed by atoms with Crippen LogP contribution >= 0.6 is 11.8 Å². The van der Waals surface area contributed by atoms with E-state index >= 15 is 0 Å². The Morgan fingerprint density at radius 1 is 0.897 bits per heavy atom. The predicted octanol–water partition coefficient (Wildman–Crippen LogP) is 5.00. The zero-order valence-electron chi connectivity index (χ0n) is 15.4. The van der Waals surface area contributed by atoms with Gasteiger partial charge in [0.1, 0.15) is 10.7 Å². The average molecular weight is 402 g/mol. The lowest BCUT2D eigenvalue weighted by atomic mass is 9.96. The molecule has 0 saturated carbocycles. The molecule has 0 spiro atoms. The third-order valence-electron chi connectivity index (χ3n) is 4.43. The highest BCUT2D eigenvalue weighted by molar-refractivity contribution is 8.05. The molecule has 2 N–H and O–H groups in total. The van der Waals surface area contributed by atoms with Crippen molar-refractivity contribution in [2.24, 2.45) is 0 Å². The number of carbonyl (C=O) groups excluding carboxylic acids is 1. The number of para-hydroxylation sites is 1. The van der Waals surface area contributed by atoms with Crippen LogP contribution in [0.5, 0.6) is 0 Å². The van der Waals surface area contributed by atoms with E-state index in [0.717, 1.165) is 17.3 Å². The lowest BCUT2D eigenvalue weighted by Crippen LogP contribution is -2.31. The highest BCUT2D eigenvalue weighted by Gasteiger charge is 2.32. The number of thioether (sulfide) groups is 1. The van der Waals surface area contributed by atoms with Crippen molar-refractivity contribution < 1.29 is 14.7 Å². The number of nitriles is 1. The summed E-state index contributed by atoms with van der Waals surface area (Å²) in [6.45, 7) is 0. The van der Waals surface area contributed by atoms with Crippen molar-refractivity contribution in [2.75, 3.05) is 5.32 Å². The molecule has 0 amide bonds. The lowest BCUT2D eigenvalue weighted by Gasteiger charge is -2.27. The molecule has 144 valence electrons. The Morgan fingerprint density at radius 3 is 2.10 bits per heavy atom. The van der Waals surface area contributed by atoms with Crippen LogP contribution in [0.3, 0.4) is 0 Å². The minimum Gasteiger partial charge on any atom is -0.478 e. The number of nitrogens with zero attached hydrogens (tertiary/aromatic N) is 1. The van der Waals surface area contributed by atoms with Crippen LogP contribution in [0.15, 0.2) is 84.9 Å². The van der Waals surface area contributed by atoms with Crippen molar-refractivity contribution in [3.8, 4) is 5.40 Å². The summed E-state index contributed by atoms with van der Waals surface area (Å²) in [5.41, 5.74) is 1.76. The fourth-order valence-electron chi connectivity index (χ4n) is 3.05. The van der Waals surface area contributed by atoms with E-state index in [4.69, 9.17) is 0 Å². The number of aromatic carboxylic acids is 1. The topological polar surface area (TPSA) is 90.2 Å². The van der Waals surface area contributed by atoms with Crippen LogP contribution in [0.1, 0.15) is 32.3 Å². The minimum absolute atomic E-state index is 0.0984. The summed E-state index contributed by atoms with van der Waals surface area (Å²) in [5, 5.41) is 23.4. The van der Waals surface area contributed by atoms with Crippen LogP contribution in [0.2, 0.25) is 0 Å². The van der Waals surface area contributed by atoms with Gasteiger partial charge in [-0.1, -0.05) is 72.8 Å². The van der Waals surface area contributed by atoms with Crippen molar-refractivity contribution in [3.63, 3.8) is 0 Å². The number of rotatable bonds is 8. The van der Waals surface area contributed by atoms with E-state index in [1.807, 2.05) is 41.8 Å². The summed E-state index contributed by atoms with van der Waals surface area (Å²) < 4.78 is 0. The number of carboxylic acids is 1. The largest absolute Gasteiger partial charge is 0.478 e. The second-order valence-electron chi connectivity index (χ2n) is 6.24. The van der Waals surface area contributed by atoms with Gasteiger partial charge in [-0.3, -0.25) is 4.79 Å². The molecule has 3 aromatic rings. The highest BCUT2D eigenvalue weighted by Crippen LogP contribution is 2.33. The number of anilines is 1. The summed E-state index contributed by atoms with van der Waals surface area (Å²) in [6.07, 6.45) is 0. The fourth-order valence-corrected chi connectivity index (χ4v) is 3.77. The number of nitrogens with one attached hydrogen (secondary N) is 1. The molecule has 5 nitrogen and oxygen atoms in total. The quantitative estimate of drug-likeness (QED) is 0.407. The van der Waals surface area contributed by atoms with Gasteiger partial charge in [-0.25, -0.2) is 4.79 Å². The third-order valence-corrected chi connectivity index (χ3v) is 5.27. The van der Waals surface area contributed by atoms with Crippen LogP contribution in [0, 0.1) is 10.7 Å². The van der Waals surface area contributed by atoms with Crippen molar-refractivity contribution >= 4 is 29.2 Å². The van der Waals surface area contributed by atoms with E-state index in [-0.39, 0.29) is 11.3 Å². The number of benzene rings is 3. The van der Waals surface area contributed by atoms with Gasteiger partial charge < -0.3 is 10.4 Å². The molecule has 0 saturated heterocycles. The van der Waals surface area contributed by atoms with Crippen LogP contribution in [0.25, 0.3) is 0 Å². The molecule has 0 heterocycles. The zero-order valence-corrected chi connectivity index (χ0v) is 16.2. The Kier molecular flexibility index (Phi) is 6.67. The summed E-state index contributed by atoms with van der Waals surface area (Å²) in [5.74, 6) is -1.27. The van der Waals surface area contributed by atoms with Gasteiger partial charge in [0, 0.05) is 11.3 Å². The molecule has 0 bridgehead atoms. The standard InChI is InChI=1S/C23H18N2O3S/c24-15-29-22(21(26)17-11-5-2-6-12-17)20(16-9-3-1-4-10-16)25-19-14-8-7-13-18(19)23(27)28/h1-14,20,22,25H,(H,27,28). The SMILES string of the molecule is N#CSC(C(=O)c1ccccc1)C(Nc1ccccc1C(=O)O)c1ccccc1. The number of carbonyl (C=O) groups is 2. The molecule has 0 fully saturated rings. The Morgan fingerprint density at radius 2 is 1.48 bits per heavy atom. The maximum absolute atomic E-state index is 13.2. The van der Waals surface area contributed by atoms with E-state index in [0.29, 0.717) is 11.3 Å². The van der Waals surface area contributed by atoms with Gasteiger partial charge in [-0.05, 0) is 29.5 Å². The van der Waals surface area contributed by atoms with E-state index in [2.05, 4.69) is 5.32 Å². The second kappa shape index (κ2) is 9.58. The fraction of sp³-hybridized carbons (Fsp3) is 0.0870. The maximum atomic E-state index is 13.2. The van der Waals surface area contributed by atoms with Crippen LogP contribution in [-0.2, 0) is 0 Å². The Labute approximate surface area is 173 Å². The monoisotopic (exact) mass is 402 g/mol. The van der Waals surface area contributed by atoms with Gasteiger partial charge in [-0.15, -0.1) is 0 Å². The summed E-state index contributed by atoms with van der Waals surface area (Å²) in [6, 6.07) is 23.9. The number of carboxylic acid groups (broad SMARTS) is 1. The molecule has 0 aliphatic rings. The number of hydrogen-bond acceptors (Lipinski definition) is 5. The van der Waals surface area contributed by atoms with Crippen LogP contribution < -0.4 is 5.32 Å². The van der Waals surface area contributed by atoms with Crippen molar-refractivity contribution in [3.05, 3.63) is 102 Å². The lowest BCUT2D eigenvalue weighted by molar-refractivity contribution is 0.0697. The van der Waals surface area contributed by atoms with E-state index in [1.165, 1.54) is 6.07 Å². The molecule has 6 heteroatoms.